The Morgan fingerprint density at radius 1 is 1.27 bits per heavy atom. The van der Waals surface area contributed by atoms with Crippen LogP contribution in [0, 0.1) is 6.92 Å². The van der Waals surface area contributed by atoms with Crippen LogP contribution in [0.1, 0.15) is 32.8 Å². The van der Waals surface area contributed by atoms with E-state index < -0.39 is 0 Å². The van der Waals surface area contributed by atoms with Gasteiger partial charge in [0.2, 0.25) is 0 Å². The molecule has 0 radical (unpaired) electrons. The average Bonchev–Trinajstić information content (AvgIpc) is 2.19. The molecule has 0 amide bonds. The van der Waals surface area contributed by atoms with Crippen LogP contribution in [0.2, 0.25) is 0 Å². The zero-order valence-electron chi connectivity index (χ0n) is 9.96. The van der Waals surface area contributed by atoms with Crippen molar-refractivity contribution in [3.05, 3.63) is 11.9 Å². The van der Waals surface area contributed by atoms with E-state index in [4.69, 9.17) is 0 Å². The Balaban J connectivity index is 2.80. The minimum atomic E-state index is 0.387. The van der Waals surface area contributed by atoms with Crippen LogP contribution in [-0.2, 0) is 0 Å². The fraction of sp³-hybridized carbons (Fsp3) is 0.636. The quantitative estimate of drug-likeness (QED) is 0.780. The molecular formula is C11H20N4. The van der Waals surface area contributed by atoms with Crippen LogP contribution in [0.4, 0.5) is 11.6 Å². The maximum absolute atomic E-state index is 4.22. The molecule has 0 spiro atoms. The molecule has 0 aliphatic carbocycles. The SMILES string of the molecule is CCCNc1ncnc(NC(C)C)c1C. The van der Waals surface area contributed by atoms with E-state index in [1.54, 1.807) is 6.33 Å². The van der Waals surface area contributed by atoms with E-state index in [1.165, 1.54) is 0 Å². The lowest BCUT2D eigenvalue weighted by atomic mass is 10.3. The second-order valence-electron chi connectivity index (χ2n) is 3.92. The highest BCUT2D eigenvalue weighted by Crippen LogP contribution is 2.18. The molecule has 0 atom stereocenters. The number of anilines is 2. The molecule has 15 heavy (non-hydrogen) atoms. The summed E-state index contributed by atoms with van der Waals surface area (Å²) in [7, 11) is 0. The number of hydrogen-bond acceptors (Lipinski definition) is 4. The van der Waals surface area contributed by atoms with Gasteiger partial charge in [0.15, 0.2) is 0 Å². The van der Waals surface area contributed by atoms with Gasteiger partial charge in [0.1, 0.15) is 18.0 Å². The van der Waals surface area contributed by atoms with Gasteiger partial charge in [-0.05, 0) is 27.2 Å². The van der Waals surface area contributed by atoms with Crippen molar-refractivity contribution < 1.29 is 0 Å². The van der Waals surface area contributed by atoms with Crippen molar-refractivity contribution in [2.45, 2.75) is 40.2 Å². The summed E-state index contributed by atoms with van der Waals surface area (Å²) in [5.41, 5.74) is 1.08. The summed E-state index contributed by atoms with van der Waals surface area (Å²) in [6.07, 6.45) is 2.69. The van der Waals surface area contributed by atoms with E-state index >= 15 is 0 Å². The first kappa shape index (κ1) is 11.8. The summed E-state index contributed by atoms with van der Waals surface area (Å²) >= 11 is 0. The minimum Gasteiger partial charge on any atom is -0.370 e. The molecule has 1 heterocycles. The molecular weight excluding hydrogens is 188 g/mol. The van der Waals surface area contributed by atoms with E-state index in [2.05, 4.69) is 41.4 Å². The Bertz CT molecular complexity index is 309. The van der Waals surface area contributed by atoms with E-state index in [-0.39, 0.29) is 0 Å². The highest BCUT2D eigenvalue weighted by Gasteiger charge is 2.06. The first-order valence-corrected chi connectivity index (χ1v) is 5.47. The maximum Gasteiger partial charge on any atom is 0.134 e. The highest BCUT2D eigenvalue weighted by atomic mass is 15.1. The first-order chi connectivity index (χ1) is 7.15. The lowest BCUT2D eigenvalue weighted by Crippen LogP contribution is -2.14. The van der Waals surface area contributed by atoms with Gasteiger partial charge in [0, 0.05) is 18.2 Å². The van der Waals surface area contributed by atoms with Crippen molar-refractivity contribution in [2.75, 3.05) is 17.2 Å². The van der Waals surface area contributed by atoms with Gasteiger partial charge in [0.25, 0.3) is 0 Å². The predicted octanol–water partition coefficient (Wildman–Crippen LogP) is 2.43. The second-order valence-corrected chi connectivity index (χ2v) is 3.92. The third-order valence-electron chi connectivity index (χ3n) is 2.05. The van der Waals surface area contributed by atoms with E-state index in [0.29, 0.717) is 6.04 Å². The minimum absolute atomic E-state index is 0.387. The molecule has 0 aliphatic rings. The zero-order chi connectivity index (χ0) is 11.3. The monoisotopic (exact) mass is 208 g/mol. The third kappa shape index (κ3) is 3.38. The van der Waals surface area contributed by atoms with Crippen molar-refractivity contribution in [1.29, 1.82) is 0 Å². The highest BCUT2D eigenvalue weighted by molar-refractivity contribution is 5.56. The van der Waals surface area contributed by atoms with Crippen LogP contribution in [0.3, 0.4) is 0 Å². The summed E-state index contributed by atoms with van der Waals surface area (Å²) in [6, 6.07) is 0.387. The average molecular weight is 208 g/mol. The summed E-state index contributed by atoms with van der Waals surface area (Å²) in [4.78, 5) is 8.45. The molecule has 0 aliphatic heterocycles. The van der Waals surface area contributed by atoms with Crippen molar-refractivity contribution >= 4 is 11.6 Å². The van der Waals surface area contributed by atoms with Gasteiger partial charge in [-0.2, -0.15) is 0 Å². The molecule has 1 aromatic rings. The molecule has 84 valence electrons. The van der Waals surface area contributed by atoms with Gasteiger partial charge in [-0.15, -0.1) is 0 Å². The van der Waals surface area contributed by atoms with E-state index in [1.807, 2.05) is 6.92 Å². The maximum atomic E-state index is 4.22. The second kappa shape index (κ2) is 5.53. The molecule has 2 N–H and O–H groups in total. The molecule has 0 saturated heterocycles. The van der Waals surface area contributed by atoms with Crippen LogP contribution in [0.25, 0.3) is 0 Å². The summed E-state index contributed by atoms with van der Waals surface area (Å²) < 4.78 is 0. The topological polar surface area (TPSA) is 49.8 Å². The van der Waals surface area contributed by atoms with Crippen LogP contribution >= 0.6 is 0 Å². The normalized spacial score (nSPS) is 10.5. The van der Waals surface area contributed by atoms with Crippen molar-refractivity contribution in [3.63, 3.8) is 0 Å². The fourth-order valence-corrected chi connectivity index (χ4v) is 1.29. The van der Waals surface area contributed by atoms with Gasteiger partial charge in [0.05, 0.1) is 0 Å². The Hall–Kier alpha value is -1.32. The van der Waals surface area contributed by atoms with Gasteiger partial charge >= 0.3 is 0 Å². The molecule has 0 saturated carbocycles. The molecule has 4 heteroatoms. The van der Waals surface area contributed by atoms with Gasteiger partial charge in [-0.3, -0.25) is 0 Å². The number of rotatable bonds is 5. The smallest absolute Gasteiger partial charge is 0.134 e. The Morgan fingerprint density at radius 2 is 1.93 bits per heavy atom. The summed E-state index contributed by atoms with van der Waals surface area (Å²) in [5, 5.41) is 6.58. The Kier molecular flexibility index (Phi) is 4.34. The molecule has 1 aromatic heterocycles. The summed E-state index contributed by atoms with van der Waals surface area (Å²) in [5.74, 6) is 1.84. The lowest BCUT2D eigenvalue weighted by molar-refractivity contribution is 0.880. The zero-order valence-corrected chi connectivity index (χ0v) is 9.96. The molecule has 4 nitrogen and oxygen atoms in total. The Morgan fingerprint density at radius 3 is 2.53 bits per heavy atom. The van der Waals surface area contributed by atoms with Gasteiger partial charge < -0.3 is 10.6 Å². The molecule has 0 fully saturated rings. The van der Waals surface area contributed by atoms with Crippen LogP contribution in [0.5, 0.6) is 0 Å². The number of aromatic nitrogens is 2. The standard InChI is InChI=1S/C11H20N4/c1-5-6-12-10-9(4)11(14-7-13-10)15-8(2)3/h7-8H,5-6H2,1-4H3,(H2,12,13,14,15). The van der Waals surface area contributed by atoms with E-state index in [9.17, 15) is 0 Å². The van der Waals surface area contributed by atoms with Gasteiger partial charge in [-0.25, -0.2) is 9.97 Å². The fourth-order valence-electron chi connectivity index (χ4n) is 1.29. The van der Waals surface area contributed by atoms with E-state index in [0.717, 1.165) is 30.2 Å². The van der Waals surface area contributed by atoms with Crippen molar-refractivity contribution in [1.82, 2.24) is 9.97 Å². The number of nitrogens with one attached hydrogen (secondary N) is 2. The predicted molar refractivity (Wildman–Crippen MR) is 64.3 cm³/mol. The van der Waals surface area contributed by atoms with Crippen molar-refractivity contribution in [3.8, 4) is 0 Å². The van der Waals surface area contributed by atoms with Crippen molar-refractivity contribution in [2.24, 2.45) is 0 Å². The molecule has 0 bridgehead atoms. The van der Waals surface area contributed by atoms with Crippen LogP contribution < -0.4 is 10.6 Å². The largest absolute Gasteiger partial charge is 0.370 e. The number of nitrogens with zero attached hydrogens (tertiary/aromatic N) is 2. The van der Waals surface area contributed by atoms with Gasteiger partial charge in [-0.1, -0.05) is 6.92 Å². The molecule has 0 aromatic carbocycles. The first-order valence-electron chi connectivity index (χ1n) is 5.47. The third-order valence-corrected chi connectivity index (χ3v) is 2.05. The Labute approximate surface area is 91.5 Å². The molecule has 0 unspecified atom stereocenters. The lowest BCUT2D eigenvalue weighted by Gasteiger charge is -2.14. The summed E-state index contributed by atoms with van der Waals surface area (Å²) in [6.45, 7) is 9.31. The number of hydrogen-bond donors (Lipinski definition) is 2. The van der Waals surface area contributed by atoms with Crippen LogP contribution in [-0.4, -0.2) is 22.6 Å². The molecule has 1 rings (SSSR count). The van der Waals surface area contributed by atoms with Crippen LogP contribution in [0.15, 0.2) is 6.33 Å².